The number of nitrogens with zero attached hydrogens (tertiary/aromatic N) is 1. The average molecular weight is 514 g/mol. The van der Waals surface area contributed by atoms with Gasteiger partial charge in [0.1, 0.15) is 19.6 Å². The number of esters is 1. The molecule has 198 valence electrons. The summed E-state index contributed by atoms with van der Waals surface area (Å²) in [7, 11) is 2.16. The summed E-state index contributed by atoms with van der Waals surface area (Å²) in [5.74, 6) is -0.314. The Balaban J connectivity index is 2.43. The van der Waals surface area contributed by atoms with E-state index >= 15 is 0 Å². The minimum absolute atomic E-state index is 0.172. The Bertz CT molecular complexity index is 1080. The largest absolute Gasteiger partial charge is 0.496 e. The summed E-state index contributed by atoms with van der Waals surface area (Å²) in [5, 5.41) is 10.2. The highest BCUT2D eigenvalue weighted by Gasteiger charge is 2.30. The predicted octanol–water partition coefficient (Wildman–Crippen LogP) is 5.65. The van der Waals surface area contributed by atoms with Crippen LogP contribution in [0.2, 0.25) is 13.1 Å². The van der Waals surface area contributed by atoms with Gasteiger partial charge in [0.25, 0.3) is 0 Å². The normalized spacial score (nSPS) is 12.3. The lowest BCUT2D eigenvalue weighted by Gasteiger charge is -2.30. The van der Waals surface area contributed by atoms with Crippen LogP contribution in [0.5, 0.6) is 11.5 Å². The van der Waals surface area contributed by atoms with Crippen molar-refractivity contribution in [2.75, 3.05) is 25.2 Å². The van der Waals surface area contributed by atoms with E-state index in [1.807, 2.05) is 26.2 Å². The van der Waals surface area contributed by atoms with Crippen molar-refractivity contribution >= 4 is 30.9 Å². The number of aliphatic carboxylic acids is 1. The van der Waals surface area contributed by atoms with Gasteiger partial charge in [0.05, 0.1) is 19.1 Å². The maximum absolute atomic E-state index is 12.4. The fourth-order valence-corrected chi connectivity index (χ4v) is 5.62. The van der Waals surface area contributed by atoms with Crippen LogP contribution in [0.4, 0.5) is 5.69 Å². The third kappa shape index (κ3) is 7.85. The van der Waals surface area contributed by atoms with Gasteiger partial charge in [0.2, 0.25) is 0 Å². The number of carboxylic acids is 1. The van der Waals surface area contributed by atoms with Crippen LogP contribution in [-0.4, -0.2) is 45.4 Å². The molecule has 0 bridgehead atoms. The van der Waals surface area contributed by atoms with E-state index < -0.39 is 20.0 Å². The van der Waals surface area contributed by atoms with Crippen molar-refractivity contribution in [3.05, 3.63) is 47.5 Å². The molecule has 0 saturated heterocycles. The molecule has 36 heavy (non-hydrogen) atoms. The quantitative estimate of drug-likeness (QED) is 0.265. The second-order valence-electron chi connectivity index (χ2n) is 12.3. The highest BCUT2D eigenvalue weighted by molar-refractivity contribution is 6.89. The molecule has 0 fully saturated rings. The molecule has 0 aliphatic heterocycles. The summed E-state index contributed by atoms with van der Waals surface area (Å²) in [5.41, 5.74) is 2.40. The third-order valence-corrected chi connectivity index (χ3v) is 8.98. The molecule has 0 saturated carbocycles. The number of carbonyl (C=O) groups excluding carboxylic acids is 1. The molecule has 0 aromatic heterocycles. The van der Waals surface area contributed by atoms with Gasteiger partial charge in [-0.25, -0.2) is 0 Å². The van der Waals surface area contributed by atoms with Crippen LogP contribution in [-0.2, 0) is 20.4 Å². The molecule has 7 heteroatoms. The molecular weight excluding hydrogens is 470 g/mol. The van der Waals surface area contributed by atoms with Crippen LogP contribution in [0, 0.1) is 0 Å². The number of hydrogen-bond acceptors (Lipinski definition) is 5. The first-order valence-electron chi connectivity index (χ1n) is 12.4. The zero-order chi connectivity index (χ0) is 27.5. The smallest absolute Gasteiger partial charge is 0.311 e. The van der Waals surface area contributed by atoms with Crippen molar-refractivity contribution in [1.82, 2.24) is 0 Å². The van der Waals surface area contributed by atoms with Gasteiger partial charge in [-0.2, -0.15) is 0 Å². The Labute approximate surface area is 217 Å². The molecule has 0 aliphatic carbocycles. The number of carboxylic acid groups (broad SMARTS) is 1. The Hall–Kier alpha value is -2.80. The Morgan fingerprint density at radius 2 is 1.36 bits per heavy atom. The van der Waals surface area contributed by atoms with Crippen molar-refractivity contribution in [2.24, 2.45) is 0 Å². The van der Waals surface area contributed by atoms with Crippen molar-refractivity contribution in [3.63, 3.8) is 0 Å². The molecule has 0 heterocycles. The molecule has 0 atom stereocenters. The molecule has 0 spiro atoms. The van der Waals surface area contributed by atoms with E-state index in [4.69, 9.17) is 14.6 Å². The van der Waals surface area contributed by atoms with Crippen molar-refractivity contribution in [1.29, 1.82) is 0 Å². The lowest BCUT2D eigenvalue weighted by atomic mass is 9.81. The number of benzene rings is 2. The zero-order valence-corrected chi connectivity index (χ0v) is 24.6. The maximum atomic E-state index is 12.4. The van der Waals surface area contributed by atoms with Gasteiger partial charge in [-0.05, 0) is 35.1 Å². The summed E-state index contributed by atoms with van der Waals surface area (Å²) in [6.07, 6.45) is 0.180. The van der Waals surface area contributed by atoms with Gasteiger partial charge >= 0.3 is 11.9 Å². The van der Waals surface area contributed by atoms with E-state index in [0.717, 1.165) is 16.9 Å². The van der Waals surface area contributed by atoms with Crippen LogP contribution in [0.15, 0.2) is 36.4 Å². The third-order valence-electron chi connectivity index (χ3n) is 6.22. The second-order valence-corrected chi connectivity index (χ2v) is 17.0. The summed E-state index contributed by atoms with van der Waals surface area (Å²) >= 11 is 0. The zero-order valence-electron chi connectivity index (χ0n) is 23.6. The monoisotopic (exact) mass is 513 g/mol. The summed E-state index contributed by atoms with van der Waals surface area (Å²) in [6, 6.07) is 12.6. The average Bonchev–Trinajstić information content (AvgIpc) is 2.75. The molecular formula is C29H43NO5Si. The molecule has 0 unspecified atom stereocenters. The van der Waals surface area contributed by atoms with Gasteiger partial charge in [0, 0.05) is 30.9 Å². The summed E-state index contributed by atoms with van der Waals surface area (Å²) in [4.78, 5) is 25.4. The van der Waals surface area contributed by atoms with E-state index in [-0.39, 0.29) is 23.7 Å². The first-order chi connectivity index (χ1) is 16.4. The lowest BCUT2D eigenvalue weighted by molar-refractivity contribution is -0.142. The molecule has 1 N–H and O–H groups in total. The topological polar surface area (TPSA) is 76.1 Å². The standard InChI is InChI=1S/C29H43NO5Si/c1-28(2,3)22-18-25(35-27(33)16-15-26(31)32)23(29(4,5)6)17-24(22)34-19-36(9,10)21-13-11-20(12-14-21)30(7)8/h11-14,17-18H,15-16,19H2,1-10H3,(H,31,32). The van der Waals surface area contributed by atoms with E-state index in [1.54, 1.807) is 0 Å². The number of carbonyl (C=O) groups is 2. The number of anilines is 1. The van der Waals surface area contributed by atoms with E-state index in [0.29, 0.717) is 12.0 Å². The van der Waals surface area contributed by atoms with E-state index in [9.17, 15) is 9.59 Å². The molecule has 0 aliphatic rings. The Kier molecular flexibility index (Phi) is 9.05. The summed E-state index contributed by atoms with van der Waals surface area (Å²) in [6.45, 7) is 17.1. The Morgan fingerprint density at radius 1 is 0.861 bits per heavy atom. The van der Waals surface area contributed by atoms with Crippen LogP contribution in [0.3, 0.4) is 0 Å². The molecule has 6 nitrogen and oxygen atoms in total. The van der Waals surface area contributed by atoms with Crippen LogP contribution in [0.1, 0.15) is 65.5 Å². The number of rotatable bonds is 9. The molecule has 0 radical (unpaired) electrons. The van der Waals surface area contributed by atoms with Gasteiger partial charge < -0.3 is 19.5 Å². The van der Waals surface area contributed by atoms with Gasteiger partial charge in [-0.3, -0.25) is 9.59 Å². The minimum atomic E-state index is -1.91. The highest BCUT2D eigenvalue weighted by Crippen LogP contribution is 2.41. The number of ether oxygens (including phenoxy) is 2. The van der Waals surface area contributed by atoms with Crippen molar-refractivity contribution < 1.29 is 24.2 Å². The molecule has 2 aromatic carbocycles. The SMILES string of the molecule is CN(C)c1ccc([Si](C)(C)COc2cc(C(C)(C)C)c(OC(=O)CCC(=O)O)cc2C(C)(C)C)cc1. The predicted molar refractivity (Wildman–Crippen MR) is 150 cm³/mol. The maximum Gasteiger partial charge on any atom is 0.311 e. The fourth-order valence-electron chi connectivity index (χ4n) is 3.87. The summed E-state index contributed by atoms with van der Waals surface area (Å²) < 4.78 is 12.3. The molecule has 0 amide bonds. The lowest BCUT2D eigenvalue weighted by Crippen LogP contribution is -2.47. The number of hydrogen-bond donors (Lipinski definition) is 1. The van der Waals surface area contributed by atoms with Crippen molar-refractivity contribution in [2.45, 2.75) is 78.3 Å². The van der Waals surface area contributed by atoms with Crippen LogP contribution >= 0.6 is 0 Å². The van der Waals surface area contributed by atoms with Gasteiger partial charge in [-0.15, -0.1) is 0 Å². The Morgan fingerprint density at radius 3 is 1.83 bits per heavy atom. The molecule has 2 aromatic rings. The van der Waals surface area contributed by atoms with Gasteiger partial charge in [-0.1, -0.05) is 72.0 Å². The van der Waals surface area contributed by atoms with Crippen molar-refractivity contribution in [3.8, 4) is 11.5 Å². The first kappa shape index (κ1) is 29.4. The fraction of sp³-hybridized carbons (Fsp3) is 0.517. The minimum Gasteiger partial charge on any atom is -0.496 e. The first-order valence-corrected chi connectivity index (χ1v) is 15.6. The van der Waals surface area contributed by atoms with Gasteiger partial charge in [0.15, 0.2) is 0 Å². The van der Waals surface area contributed by atoms with Crippen LogP contribution in [0.25, 0.3) is 0 Å². The van der Waals surface area contributed by atoms with Crippen LogP contribution < -0.4 is 19.6 Å². The molecule has 2 rings (SSSR count). The second kappa shape index (κ2) is 11.1. The van der Waals surface area contributed by atoms with E-state index in [2.05, 4.69) is 83.8 Å². The van der Waals surface area contributed by atoms with E-state index in [1.165, 1.54) is 10.9 Å². The highest BCUT2D eigenvalue weighted by atomic mass is 28.3.